The molecule has 156 valence electrons. The highest BCUT2D eigenvalue weighted by Gasteiger charge is 2.26. The fraction of sp³-hybridized carbons (Fsp3) is 0.556. The molecule has 0 saturated carbocycles. The first-order valence-corrected chi connectivity index (χ1v) is 9.62. The molecule has 1 fully saturated rings. The molecule has 0 bridgehead atoms. The lowest BCUT2D eigenvalue weighted by molar-refractivity contribution is -0.0502. The van der Waals surface area contributed by atoms with Crippen LogP contribution in [0.2, 0.25) is 0 Å². The van der Waals surface area contributed by atoms with Gasteiger partial charge in [0.25, 0.3) is 0 Å². The van der Waals surface area contributed by atoms with E-state index in [0.29, 0.717) is 24.5 Å². The van der Waals surface area contributed by atoms with Gasteiger partial charge in [-0.15, -0.1) is 0 Å². The standard InChI is InChI=1S/C18H26BrN3O6/c1-11(28-18(24)21-13-9-22(2)10-13)27-17(23)20-6-5-12-7-16(26-4)14(19)8-15(12)25-3/h7-8,11,13H,5-6,9-10H2,1-4H3,(H,20,23)(H,21,24). The molecule has 9 nitrogen and oxygen atoms in total. The second kappa shape index (κ2) is 10.4. The van der Waals surface area contributed by atoms with Crippen molar-refractivity contribution in [3.63, 3.8) is 0 Å². The van der Waals surface area contributed by atoms with E-state index < -0.39 is 18.5 Å². The Morgan fingerprint density at radius 3 is 2.43 bits per heavy atom. The Kier molecular flexibility index (Phi) is 8.18. The van der Waals surface area contributed by atoms with Gasteiger partial charge in [-0.05, 0) is 47.1 Å². The number of nitrogens with zero attached hydrogens (tertiary/aromatic N) is 1. The van der Waals surface area contributed by atoms with Gasteiger partial charge in [-0.25, -0.2) is 9.59 Å². The van der Waals surface area contributed by atoms with Crippen LogP contribution < -0.4 is 20.1 Å². The molecule has 1 saturated heterocycles. The molecule has 1 atom stereocenters. The zero-order valence-electron chi connectivity index (χ0n) is 16.4. The molecule has 1 aliphatic rings. The molecule has 10 heteroatoms. The Hall–Kier alpha value is -2.20. The SMILES string of the molecule is COc1cc(CCNC(=O)OC(C)OC(=O)NC2CN(C)C2)c(OC)cc1Br. The quantitative estimate of drug-likeness (QED) is 0.574. The minimum atomic E-state index is -1.000. The van der Waals surface area contributed by atoms with Gasteiger partial charge in [0.15, 0.2) is 0 Å². The van der Waals surface area contributed by atoms with Gasteiger partial charge in [0, 0.05) is 26.6 Å². The Morgan fingerprint density at radius 2 is 1.82 bits per heavy atom. The number of alkyl carbamates (subject to hydrolysis) is 2. The third-order valence-corrected chi connectivity index (χ3v) is 4.77. The third-order valence-electron chi connectivity index (χ3n) is 4.15. The minimum Gasteiger partial charge on any atom is -0.496 e. The van der Waals surface area contributed by atoms with Gasteiger partial charge in [-0.3, -0.25) is 0 Å². The molecular weight excluding hydrogens is 434 g/mol. The number of benzene rings is 1. The van der Waals surface area contributed by atoms with Crippen LogP contribution in [0.3, 0.4) is 0 Å². The molecule has 2 N–H and O–H groups in total. The highest BCUT2D eigenvalue weighted by atomic mass is 79.9. The molecular formula is C18H26BrN3O6. The van der Waals surface area contributed by atoms with Gasteiger partial charge in [0.1, 0.15) is 11.5 Å². The molecule has 1 heterocycles. The van der Waals surface area contributed by atoms with Crippen LogP contribution in [0.4, 0.5) is 9.59 Å². The minimum absolute atomic E-state index is 0.0661. The van der Waals surface area contributed by atoms with Crippen molar-refractivity contribution in [3.8, 4) is 11.5 Å². The molecule has 28 heavy (non-hydrogen) atoms. The molecule has 2 rings (SSSR count). The molecule has 0 radical (unpaired) electrons. The summed E-state index contributed by atoms with van der Waals surface area (Å²) in [5, 5.41) is 5.32. The number of halogens is 1. The number of ether oxygens (including phenoxy) is 4. The first-order valence-electron chi connectivity index (χ1n) is 8.83. The maximum Gasteiger partial charge on any atom is 0.410 e. The van der Waals surface area contributed by atoms with Gasteiger partial charge in [-0.1, -0.05) is 0 Å². The summed E-state index contributed by atoms with van der Waals surface area (Å²) in [5.74, 6) is 1.35. The predicted octanol–water partition coefficient (Wildman–Crippen LogP) is 2.12. The lowest BCUT2D eigenvalue weighted by atomic mass is 10.1. The summed E-state index contributed by atoms with van der Waals surface area (Å²) in [6, 6.07) is 3.71. The van der Waals surface area contributed by atoms with E-state index in [4.69, 9.17) is 18.9 Å². The number of methoxy groups -OCH3 is 2. The Labute approximate surface area is 172 Å². The number of carbonyl (C=O) groups is 2. The Balaban J connectivity index is 1.72. The largest absolute Gasteiger partial charge is 0.496 e. The molecule has 0 spiro atoms. The number of likely N-dealkylation sites (N-methyl/N-ethyl adjacent to an activating group) is 1. The van der Waals surface area contributed by atoms with Crippen LogP contribution in [0.25, 0.3) is 0 Å². The average Bonchev–Trinajstić information content (AvgIpc) is 2.60. The summed E-state index contributed by atoms with van der Waals surface area (Å²) in [5.41, 5.74) is 0.872. The van der Waals surface area contributed by atoms with Gasteiger partial charge in [-0.2, -0.15) is 0 Å². The fourth-order valence-electron chi connectivity index (χ4n) is 2.78. The number of hydrogen-bond acceptors (Lipinski definition) is 7. The second-order valence-electron chi connectivity index (χ2n) is 6.42. The van der Waals surface area contributed by atoms with E-state index in [1.54, 1.807) is 20.3 Å². The van der Waals surface area contributed by atoms with Crippen LogP contribution >= 0.6 is 15.9 Å². The van der Waals surface area contributed by atoms with E-state index in [-0.39, 0.29) is 6.04 Å². The van der Waals surface area contributed by atoms with Crippen molar-refractivity contribution in [2.75, 3.05) is 40.9 Å². The van der Waals surface area contributed by atoms with Crippen molar-refractivity contribution >= 4 is 28.1 Å². The number of amides is 2. The van der Waals surface area contributed by atoms with Crippen molar-refractivity contribution in [3.05, 3.63) is 22.2 Å². The lowest BCUT2D eigenvalue weighted by Crippen LogP contribution is -2.57. The molecule has 1 aromatic rings. The van der Waals surface area contributed by atoms with E-state index in [9.17, 15) is 9.59 Å². The van der Waals surface area contributed by atoms with Gasteiger partial charge < -0.3 is 34.5 Å². The first kappa shape index (κ1) is 22.1. The zero-order valence-corrected chi connectivity index (χ0v) is 18.0. The van der Waals surface area contributed by atoms with Crippen molar-refractivity contribution in [1.82, 2.24) is 15.5 Å². The van der Waals surface area contributed by atoms with Crippen molar-refractivity contribution < 1.29 is 28.5 Å². The Morgan fingerprint density at radius 1 is 1.18 bits per heavy atom. The van der Waals surface area contributed by atoms with E-state index in [0.717, 1.165) is 23.1 Å². The topological polar surface area (TPSA) is 98.4 Å². The smallest absolute Gasteiger partial charge is 0.410 e. The summed E-state index contributed by atoms with van der Waals surface area (Å²) < 4.78 is 21.4. The van der Waals surface area contributed by atoms with Crippen LogP contribution in [-0.4, -0.2) is 70.3 Å². The highest BCUT2D eigenvalue weighted by Crippen LogP contribution is 2.32. The van der Waals surface area contributed by atoms with Crippen LogP contribution in [0.5, 0.6) is 11.5 Å². The van der Waals surface area contributed by atoms with Gasteiger partial charge in [0.2, 0.25) is 6.29 Å². The highest BCUT2D eigenvalue weighted by molar-refractivity contribution is 9.10. The average molecular weight is 460 g/mol. The van der Waals surface area contributed by atoms with Gasteiger partial charge >= 0.3 is 12.2 Å². The number of rotatable bonds is 8. The van der Waals surface area contributed by atoms with Crippen LogP contribution in [-0.2, 0) is 15.9 Å². The third kappa shape index (κ3) is 6.45. The monoisotopic (exact) mass is 459 g/mol. The van der Waals surface area contributed by atoms with E-state index in [1.807, 2.05) is 13.1 Å². The van der Waals surface area contributed by atoms with E-state index in [2.05, 4.69) is 31.5 Å². The normalized spacial score (nSPS) is 15.2. The maximum atomic E-state index is 11.9. The number of likely N-dealkylation sites (tertiary alicyclic amines) is 1. The summed E-state index contributed by atoms with van der Waals surface area (Å²) in [4.78, 5) is 25.6. The molecule has 0 aromatic heterocycles. The number of nitrogens with one attached hydrogen (secondary N) is 2. The molecule has 1 unspecified atom stereocenters. The van der Waals surface area contributed by atoms with Crippen LogP contribution in [0.1, 0.15) is 12.5 Å². The number of hydrogen-bond donors (Lipinski definition) is 2. The van der Waals surface area contributed by atoms with Crippen molar-refractivity contribution in [2.45, 2.75) is 25.7 Å². The van der Waals surface area contributed by atoms with Crippen molar-refractivity contribution in [2.24, 2.45) is 0 Å². The maximum absolute atomic E-state index is 11.9. The summed E-state index contributed by atoms with van der Waals surface area (Å²) >= 11 is 3.40. The van der Waals surface area contributed by atoms with Crippen LogP contribution in [0, 0.1) is 0 Å². The predicted molar refractivity (Wildman–Crippen MR) is 106 cm³/mol. The zero-order chi connectivity index (χ0) is 20.7. The summed E-state index contributed by atoms with van der Waals surface area (Å²) in [7, 11) is 5.11. The molecule has 1 aliphatic heterocycles. The lowest BCUT2D eigenvalue weighted by Gasteiger charge is -2.36. The Bertz CT molecular complexity index is 696. The van der Waals surface area contributed by atoms with Gasteiger partial charge in [0.05, 0.1) is 24.7 Å². The van der Waals surface area contributed by atoms with Crippen LogP contribution in [0.15, 0.2) is 16.6 Å². The second-order valence-corrected chi connectivity index (χ2v) is 7.27. The number of carbonyl (C=O) groups excluding carboxylic acids is 2. The first-order chi connectivity index (χ1) is 13.3. The molecule has 0 aliphatic carbocycles. The molecule has 1 aromatic carbocycles. The summed E-state index contributed by atoms with van der Waals surface area (Å²) in [6.07, 6.45) is -1.77. The fourth-order valence-corrected chi connectivity index (χ4v) is 3.26. The van der Waals surface area contributed by atoms with E-state index >= 15 is 0 Å². The van der Waals surface area contributed by atoms with Crippen molar-refractivity contribution in [1.29, 1.82) is 0 Å². The van der Waals surface area contributed by atoms with E-state index in [1.165, 1.54) is 6.92 Å². The summed E-state index contributed by atoms with van der Waals surface area (Å²) in [6.45, 7) is 3.34. The molecule has 2 amide bonds.